The number of hydrogen-bond donors (Lipinski definition) is 3. The highest BCUT2D eigenvalue weighted by Gasteiger charge is 2.17. The third-order valence-corrected chi connectivity index (χ3v) is 2.76. The van der Waals surface area contributed by atoms with Crippen molar-refractivity contribution in [1.29, 1.82) is 0 Å². The second-order valence-electron chi connectivity index (χ2n) is 4.10. The lowest BCUT2D eigenvalue weighted by atomic mass is 10.1. The summed E-state index contributed by atoms with van der Waals surface area (Å²) in [5.74, 6) is -0.155. The molecule has 2 aromatic rings. The number of fused-ring (bicyclic) bond motifs is 1. The molecule has 0 spiro atoms. The molecule has 1 amide bonds. The summed E-state index contributed by atoms with van der Waals surface area (Å²) in [7, 11) is 0. The minimum Gasteiger partial charge on any atom is -0.451 e. The van der Waals surface area contributed by atoms with E-state index in [1.54, 1.807) is 6.07 Å². The first-order valence-electron chi connectivity index (χ1n) is 5.68. The van der Waals surface area contributed by atoms with Gasteiger partial charge >= 0.3 is 0 Å². The molecule has 1 atom stereocenters. The van der Waals surface area contributed by atoms with Crippen LogP contribution in [-0.4, -0.2) is 35.4 Å². The first kappa shape index (κ1) is 12.6. The van der Waals surface area contributed by atoms with Gasteiger partial charge in [-0.15, -0.1) is 0 Å². The quantitative estimate of drug-likeness (QED) is 0.749. The number of amides is 1. The van der Waals surface area contributed by atoms with Crippen molar-refractivity contribution < 1.29 is 19.4 Å². The summed E-state index contributed by atoms with van der Waals surface area (Å²) >= 11 is 0. The van der Waals surface area contributed by atoms with Gasteiger partial charge in [0.25, 0.3) is 5.91 Å². The number of rotatable bonds is 4. The molecule has 0 aliphatic heterocycles. The van der Waals surface area contributed by atoms with E-state index >= 15 is 0 Å². The highest BCUT2D eigenvalue weighted by molar-refractivity contribution is 5.98. The molecule has 96 valence electrons. The monoisotopic (exact) mass is 249 g/mol. The van der Waals surface area contributed by atoms with Crippen LogP contribution in [0.4, 0.5) is 0 Å². The predicted molar refractivity (Wildman–Crippen MR) is 66.4 cm³/mol. The molecule has 0 fully saturated rings. The standard InChI is InChI=1S/C13H15NO4/c1-8-10-4-2-3-5-11(10)18-12(8)13(17)14-6-9(16)7-15/h2-5,9,15-16H,6-7H2,1H3,(H,14,17). The van der Waals surface area contributed by atoms with Crippen LogP contribution < -0.4 is 5.32 Å². The van der Waals surface area contributed by atoms with E-state index in [4.69, 9.17) is 14.6 Å². The Morgan fingerprint density at radius 1 is 1.44 bits per heavy atom. The molecule has 1 heterocycles. The van der Waals surface area contributed by atoms with Gasteiger partial charge in [-0.05, 0) is 13.0 Å². The zero-order valence-electron chi connectivity index (χ0n) is 10.0. The summed E-state index contributed by atoms with van der Waals surface area (Å²) in [6.07, 6.45) is -0.960. The van der Waals surface area contributed by atoms with Gasteiger partial charge in [0.05, 0.1) is 12.7 Å². The molecule has 1 unspecified atom stereocenters. The third kappa shape index (κ3) is 2.37. The Hall–Kier alpha value is -1.85. The molecule has 5 heteroatoms. The Kier molecular flexibility index (Phi) is 3.64. The number of aliphatic hydroxyl groups excluding tert-OH is 2. The maximum Gasteiger partial charge on any atom is 0.287 e. The number of benzene rings is 1. The molecule has 0 saturated heterocycles. The van der Waals surface area contributed by atoms with Crippen molar-refractivity contribution in [3.8, 4) is 0 Å². The number of nitrogens with one attached hydrogen (secondary N) is 1. The molecule has 18 heavy (non-hydrogen) atoms. The van der Waals surface area contributed by atoms with E-state index in [1.807, 2.05) is 25.1 Å². The Bertz CT molecular complexity index is 561. The van der Waals surface area contributed by atoms with E-state index in [9.17, 15) is 4.79 Å². The predicted octanol–water partition coefficient (Wildman–Crippen LogP) is 0.824. The molecule has 0 aliphatic carbocycles. The van der Waals surface area contributed by atoms with Crippen LogP contribution in [0, 0.1) is 6.92 Å². The van der Waals surface area contributed by atoms with Gasteiger partial charge in [-0.25, -0.2) is 0 Å². The minimum atomic E-state index is -0.960. The summed E-state index contributed by atoms with van der Waals surface area (Å²) in [6, 6.07) is 7.39. The van der Waals surface area contributed by atoms with Crippen LogP contribution in [0.1, 0.15) is 16.1 Å². The number of hydrogen-bond acceptors (Lipinski definition) is 4. The van der Waals surface area contributed by atoms with Crippen LogP contribution in [0.15, 0.2) is 28.7 Å². The van der Waals surface area contributed by atoms with Crippen LogP contribution in [0.3, 0.4) is 0 Å². The van der Waals surface area contributed by atoms with Gasteiger partial charge < -0.3 is 19.9 Å². The molecule has 1 aromatic carbocycles. The smallest absolute Gasteiger partial charge is 0.287 e. The van der Waals surface area contributed by atoms with Crippen molar-refractivity contribution in [2.75, 3.05) is 13.2 Å². The summed E-state index contributed by atoms with van der Waals surface area (Å²) in [4.78, 5) is 11.9. The fraction of sp³-hybridized carbons (Fsp3) is 0.308. The lowest BCUT2D eigenvalue weighted by Crippen LogP contribution is -2.33. The van der Waals surface area contributed by atoms with Gasteiger partial charge in [0, 0.05) is 17.5 Å². The molecule has 0 saturated carbocycles. The van der Waals surface area contributed by atoms with E-state index in [2.05, 4.69) is 5.32 Å². The van der Waals surface area contributed by atoms with Crippen LogP contribution >= 0.6 is 0 Å². The molecular formula is C13H15NO4. The van der Waals surface area contributed by atoms with Crippen molar-refractivity contribution in [2.45, 2.75) is 13.0 Å². The Morgan fingerprint density at radius 3 is 2.83 bits per heavy atom. The summed E-state index contributed by atoms with van der Waals surface area (Å²) in [5.41, 5.74) is 1.42. The SMILES string of the molecule is Cc1c(C(=O)NCC(O)CO)oc2ccccc12. The average Bonchev–Trinajstić information content (AvgIpc) is 2.73. The van der Waals surface area contributed by atoms with E-state index in [0.717, 1.165) is 10.9 Å². The zero-order chi connectivity index (χ0) is 13.1. The van der Waals surface area contributed by atoms with E-state index < -0.39 is 12.0 Å². The number of aliphatic hydroxyl groups is 2. The highest BCUT2D eigenvalue weighted by atomic mass is 16.3. The molecule has 2 rings (SSSR count). The Balaban J connectivity index is 2.20. The van der Waals surface area contributed by atoms with Gasteiger partial charge in [-0.3, -0.25) is 4.79 Å². The molecule has 0 bridgehead atoms. The van der Waals surface area contributed by atoms with E-state index in [-0.39, 0.29) is 18.9 Å². The molecule has 3 N–H and O–H groups in total. The normalized spacial score (nSPS) is 12.6. The van der Waals surface area contributed by atoms with Crippen molar-refractivity contribution in [3.05, 3.63) is 35.6 Å². The fourth-order valence-corrected chi connectivity index (χ4v) is 1.75. The first-order chi connectivity index (χ1) is 8.63. The molecule has 0 radical (unpaired) electrons. The Morgan fingerprint density at radius 2 is 2.17 bits per heavy atom. The molecular weight excluding hydrogens is 234 g/mol. The number of carbonyl (C=O) groups excluding carboxylic acids is 1. The highest BCUT2D eigenvalue weighted by Crippen LogP contribution is 2.24. The van der Waals surface area contributed by atoms with Crippen molar-refractivity contribution in [2.24, 2.45) is 0 Å². The minimum absolute atomic E-state index is 0.00812. The third-order valence-electron chi connectivity index (χ3n) is 2.76. The number of carbonyl (C=O) groups is 1. The molecule has 0 aliphatic rings. The topological polar surface area (TPSA) is 82.7 Å². The van der Waals surface area contributed by atoms with Crippen LogP contribution in [0.5, 0.6) is 0 Å². The largest absolute Gasteiger partial charge is 0.451 e. The summed E-state index contributed by atoms with van der Waals surface area (Å²) < 4.78 is 5.47. The van der Waals surface area contributed by atoms with Crippen molar-refractivity contribution in [3.63, 3.8) is 0 Å². The van der Waals surface area contributed by atoms with Gasteiger partial charge in [-0.2, -0.15) is 0 Å². The van der Waals surface area contributed by atoms with Gasteiger partial charge in [0.15, 0.2) is 5.76 Å². The maximum atomic E-state index is 11.9. The number of aryl methyl sites for hydroxylation is 1. The maximum absolute atomic E-state index is 11.9. The van der Waals surface area contributed by atoms with E-state index in [0.29, 0.717) is 5.58 Å². The lowest BCUT2D eigenvalue weighted by Gasteiger charge is -2.07. The second-order valence-corrected chi connectivity index (χ2v) is 4.10. The van der Waals surface area contributed by atoms with E-state index in [1.165, 1.54) is 0 Å². The molecule has 1 aromatic heterocycles. The van der Waals surface area contributed by atoms with Crippen molar-refractivity contribution >= 4 is 16.9 Å². The van der Waals surface area contributed by atoms with Crippen LogP contribution in [0.2, 0.25) is 0 Å². The van der Waals surface area contributed by atoms with Crippen LogP contribution in [-0.2, 0) is 0 Å². The lowest BCUT2D eigenvalue weighted by molar-refractivity contribution is 0.0785. The summed E-state index contributed by atoms with van der Waals surface area (Å²) in [5, 5.41) is 21.2. The fourth-order valence-electron chi connectivity index (χ4n) is 1.75. The van der Waals surface area contributed by atoms with Crippen molar-refractivity contribution in [1.82, 2.24) is 5.32 Å². The van der Waals surface area contributed by atoms with Gasteiger partial charge in [0.1, 0.15) is 5.58 Å². The number of furan rings is 1. The summed E-state index contributed by atoms with van der Waals surface area (Å²) in [6.45, 7) is 1.41. The van der Waals surface area contributed by atoms with Crippen LogP contribution in [0.25, 0.3) is 11.0 Å². The zero-order valence-corrected chi connectivity index (χ0v) is 10.0. The molecule has 5 nitrogen and oxygen atoms in total. The van der Waals surface area contributed by atoms with Gasteiger partial charge in [-0.1, -0.05) is 18.2 Å². The first-order valence-corrected chi connectivity index (χ1v) is 5.68. The number of para-hydroxylation sites is 1. The van der Waals surface area contributed by atoms with Gasteiger partial charge in [0.2, 0.25) is 0 Å². The average molecular weight is 249 g/mol. The Labute approximate surface area is 104 Å². The second kappa shape index (κ2) is 5.20.